The normalized spacial score (nSPS) is 18.4. The van der Waals surface area contributed by atoms with Crippen molar-refractivity contribution in [2.45, 2.75) is 25.8 Å². The maximum absolute atomic E-state index is 13.1. The van der Waals surface area contributed by atoms with Gasteiger partial charge in [-0.25, -0.2) is 0 Å². The molecule has 0 unspecified atom stereocenters. The van der Waals surface area contributed by atoms with Crippen LogP contribution in [0.15, 0.2) is 53.5 Å². The third kappa shape index (κ3) is 3.74. The lowest BCUT2D eigenvalue weighted by Crippen LogP contribution is -2.43. The molecule has 2 aromatic rings. The standard InChI is InChI=1S/C21H20ClN3O2/c22-15-10-8-14(9-11-15)12-23-20(26)13-25-19-7-2-1-5-18(19)24-17-6-3-4-16(17)21(25)27/h1-2,5,7-11,16H,3-4,6,12-13H2,(H,23,26)/t16-/m1/s1. The number of hydrogen-bond donors (Lipinski definition) is 1. The molecule has 4 rings (SSSR count). The highest BCUT2D eigenvalue weighted by molar-refractivity contribution is 6.30. The fraction of sp³-hybridized carbons (Fsp3) is 0.286. The number of fused-ring (bicyclic) bond motifs is 2. The summed E-state index contributed by atoms with van der Waals surface area (Å²) in [6.45, 7) is 0.383. The number of halogens is 1. The van der Waals surface area contributed by atoms with Gasteiger partial charge in [0.05, 0.1) is 17.3 Å². The number of nitrogens with zero attached hydrogens (tertiary/aromatic N) is 2. The van der Waals surface area contributed by atoms with E-state index in [1.807, 2.05) is 36.4 Å². The number of rotatable bonds is 4. The van der Waals surface area contributed by atoms with Gasteiger partial charge < -0.3 is 10.2 Å². The van der Waals surface area contributed by atoms with Gasteiger partial charge in [0.15, 0.2) is 0 Å². The number of anilines is 1. The number of aliphatic imine (C=N–C) groups is 1. The van der Waals surface area contributed by atoms with Gasteiger partial charge in [0, 0.05) is 17.3 Å². The Morgan fingerprint density at radius 2 is 1.96 bits per heavy atom. The minimum Gasteiger partial charge on any atom is -0.350 e. The van der Waals surface area contributed by atoms with Crippen LogP contribution in [0.1, 0.15) is 24.8 Å². The molecule has 1 saturated carbocycles. The summed E-state index contributed by atoms with van der Waals surface area (Å²) in [5, 5.41) is 3.54. The number of hydrogen-bond acceptors (Lipinski definition) is 3. The summed E-state index contributed by atoms with van der Waals surface area (Å²) < 4.78 is 0. The van der Waals surface area contributed by atoms with E-state index in [2.05, 4.69) is 5.32 Å². The predicted molar refractivity (Wildman–Crippen MR) is 107 cm³/mol. The Labute approximate surface area is 163 Å². The van der Waals surface area contributed by atoms with Gasteiger partial charge in [-0.1, -0.05) is 35.9 Å². The first-order valence-electron chi connectivity index (χ1n) is 9.11. The molecule has 1 N–H and O–H groups in total. The quantitative estimate of drug-likeness (QED) is 0.873. The van der Waals surface area contributed by atoms with E-state index in [4.69, 9.17) is 16.6 Å². The van der Waals surface area contributed by atoms with E-state index < -0.39 is 0 Å². The topological polar surface area (TPSA) is 61.8 Å². The summed E-state index contributed by atoms with van der Waals surface area (Å²) in [7, 11) is 0. The summed E-state index contributed by atoms with van der Waals surface area (Å²) in [6.07, 6.45) is 2.61. The van der Waals surface area contributed by atoms with Crippen molar-refractivity contribution < 1.29 is 9.59 Å². The molecular formula is C21H20ClN3O2. The molecule has 27 heavy (non-hydrogen) atoms. The average molecular weight is 382 g/mol. The molecule has 0 saturated heterocycles. The van der Waals surface area contributed by atoms with E-state index in [0.29, 0.717) is 17.3 Å². The molecule has 2 aliphatic rings. The Bertz CT molecular complexity index is 908. The molecule has 0 spiro atoms. The molecule has 2 amide bonds. The minimum absolute atomic E-state index is 0.0112. The Morgan fingerprint density at radius 1 is 1.19 bits per heavy atom. The summed E-state index contributed by atoms with van der Waals surface area (Å²) >= 11 is 5.88. The lowest BCUT2D eigenvalue weighted by atomic mass is 10.1. The molecule has 1 atom stereocenters. The van der Waals surface area contributed by atoms with Crippen molar-refractivity contribution in [3.63, 3.8) is 0 Å². The number of nitrogens with one attached hydrogen (secondary N) is 1. The fourth-order valence-corrected chi connectivity index (χ4v) is 3.77. The Hall–Kier alpha value is -2.66. The maximum Gasteiger partial charge on any atom is 0.240 e. The SMILES string of the molecule is O=C(CN1C(=O)[C@@H]2CCCC2=Nc2ccccc21)NCc1ccc(Cl)cc1. The average Bonchev–Trinajstić information content (AvgIpc) is 3.10. The van der Waals surface area contributed by atoms with E-state index in [0.717, 1.165) is 36.2 Å². The molecular weight excluding hydrogens is 362 g/mol. The van der Waals surface area contributed by atoms with Crippen LogP contribution in [0.3, 0.4) is 0 Å². The predicted octanol–water partition coefficient (Wildman–Crippen LogP) is 3.88. The molecule has 5 nitrogen and oxygen atoms in total. The molecule has 2 aromatic carbocycles. The van der Waals surface area contributed by atoms with Gasteiger partial charge >= 0.3 is 0 Å². The van der Waals surface area contributed by atoms with Crippen LogP contribution in [0.2, 0.25) is 5.02 Å². The van der Waals surface area contributed by atoms with Crippen LogP contribution in [0.25, 0.3) is 0 Å². The monoisotopic (exact) mass is 381 g/mol. The molecule has 1 fully saturated rings. The lowest BCUT2D eigenvalue weighted by Gasteiger charge is -2.24. The summed E-state index contributed by atoms with van der Waals surface area (Å²) in [4.78, 5) is 31.9. The summed E-state index contributed by atoms with van der Waals surface area (Å²) in [6, 6.07) is 14.8. The van der Waals surface area contributed by atoms with Crippen LogP contribution in [0, 0.1) is 5.92 Å². The summed E-state index contributed by atoms with van der Waals surface area (Å²) in [5.41, 5.74) is 3.36. The van der Waals surface area contributed by atoms with Gasteiger partial charge in [0.2, 0.25) is 11.8 Å². The Morgan fingerprint density at radius 3 is 2.78 bits per heavy atom. The van der Waals surface area contributed by atoms with Crippen molar-refractivity contribution >= 4 is 40.5 Å². The van der Waals surface area contributed by atoms with Gasteiger partial charge in [-0.3, -0.25) is 14.6 Å². The largest absolute Gasteiger partial charge is 0.350 e. The molecule has 1 aliphatic heterocycles. The molecule has 138 valence electrons. The molecule has 0 radical (unpaired) electrons. The second kappa shape index (κ2) is 7.53. The van der Waals surface area contributed by atoms with Gasteiger partial charge in [0.25, 0.3) is 0 Å². The van der Waals surface area contributed by atoms with Crippen molar-refractivity contribution in [3.8, 4) is 0 Å². The van der Waals surface area contributed by atoms with Crippen molar-refractivity contribution in [1.82, 2.24) is 5.32 Å². The Kier molecular flexibility index (Phi) is 4.94. The van der Waals surface area contributed by atoms with E-state index in [1.54, 1.807) is 17.0 Å². The highest BCUT2D eigenvalue weighted by atomic mass is 35.5. The van der Waals surface area contributed by atoms with E-state index in [1.165, 1.54) is 0 Å². The highest BCUT2D eigenvalue weighted by Gasteiger charge is 2.36. The molecule has 0 bridgehead atoms. The number of carbonyl (C=O) groups excluding carboxylic acids is 2. The van der Waals surface area contributed by atoms with Crippen molar-refractivity contribution in [2.75, 3.05) is 11.4 Å². The first kappa shape index (κ1) is 17.7. The lowest BCUT2D eigenvalue weighted by molar-refractivity contribution is -0.124. The molecule has 1 heterocycles. The number of para-hydroxylation sites is 2. The second-order valence-corrected chi connectivity index (χ2v) is 7.30. The van der Waals surface area contributed by atoms with Crippen molar-refractivity contribution in [1.29, 1.82) is 0 Å². The van der Waals surface area contributed by atoms with Crippen molar-refractivity contribution in [3.05, 3.63) is 59.1 Å². The number of carbonyl (C=O) groups is 2. The van der Waals surface area contributed by atoms with Crippen LogP contribution in [0.5, 0.6) is 0 Å². The van der Waals surface area contributed by atoms with Gasteiger partial charge in [-0.15, -0.1) is 0 Å². The highest BCUT2D eigenvalue weighted by Crippen LogP contribution is 2.37. The van der Waals surface area contributed by atoms with Crippen LogP contribution in [-0.2, 0) is 16.1 Å². The zero-order valence-electron chi connectivity index (χ0n) is 14.8. The van der Waals surface area contributed by atoms with Gasteiger partial charge in [-0.05, 0) is 49.1 Å². The third-order valence-electron chi connectivity index (χ3n) is 5.03. The first-order chi connectivity index (χ1) is 13.1. The van der Waals surface area contributed by atoms with E-state index in [9.17, 15) is 9.59 Å². The third-order valence-corrected chi connectivity index (χ3v) is 5.29. The minimum atomic E-state index is -0.207. The van der Waals surface area contributed by atoms with Crippen LogP contribution in [-0.4, -0.2) is 24.1 Å². The smallest absolute Gasteiger partial charge is 0.240 e. The summed E-state index contributed by atoms with van der Waals surface area (Å²) in [5.74, 6) is -0.436. The first-order valence-corrected chi connectivity index (χ1v) is 9.48. The Balaban J connectivity index is 1.51. The van der Waals surface area contributed by atoms with Crippen molar-refractivity contribution in [2.24, 2.45) is 10.9 Å². The zero-order valence-corrected chi connectivity index (χ0v) is 15.6. The van der Waals surface area contributed by atoms with Crippen LogP contribution in [0.4, 0.5) is 11.4 Å². The van der Waals surface area contributed by atoms with E-state index in [-0.39, 0.29) is 24.3 Å². The molecule has 0 aromatic heterocycles. The molecule has 1 aliphatic carbocycles. The van der Waals surface area contributed by atoms with Gasteiger partial charge in [-0.2, -0.15) is 0 Å². The van der Waals surface area contributed by atoms with Crippen LogP contribution >= 0.6 is 11.6 Å². The maximum atomic E-state index is 13.1. The van der Waals surface area contributed by atoms with E-state index >= 15 is 0 Å². The fourth-order valence-electron chi connectivity index (χ4n) is 3.64. The zero-order chi connectivity index (χ0) is 18.8. The van der Waals surface area contributed by atoms with Crippen LogP contribution < -0.4 is 10.2 Å². The number of benzene rings is 2. The number of amides is 2. The van der Waals surface area contributed by atoms with Gasteiger partial charge in [0.1, 0.15) is 6.54 Å². The second-order valence-electron chi connectivity index (χ2n) is 6.86. The molecule has 6 heteroatoms.